The Labute approximate surface area is 213 Å². The van der Waals surface area contributed by atoms with Gasteiger partial charge < -0.3 is 19.7 Å². The van der Waals surface area contributed by atoms with E-state index in [0.717, 1.165) is 22.0 Å². The number of H-pyrrole nitrogens is 1. The number of hydrogen-bond donors (Lipinski definition) is 2. The maximum Gasteiger partial charge on any atom is 0.290 e. The molecule has 0 unspecified atom stereocenters. The first-order chi connectivity index (χ1) is 18.0. The molecule has 2 heterocycles. The molecule has 0 fully saturated rings. The number of nitrogens with zero attached hydrogens (tertiary/aromatic N) is 1. The molecule has 4 aromatic rings. The van der Waals surface area contributed by atoms with Crippen LogP contribution in [-0.2, 0) is 16.0 Å². The van der Waals surface area contributed by atoms with E-state index in [1.807, 2.05) is 54.7 Å². The molecule has 0 bridgehead atoms. The van der Waals surface area contributed by atoms with Crippen LogP contribution in [0.15, 0.2) is 96.4 Å². The lowest BCUT2D eigenvalue weighted by molar-refractivity contribution is -0.129. The van der Waals surface area contributed by atoms with Crippen molar-refractivity contribution < 1.29 is 23.8 Å². The van der Waals surface area contributed by atoms with Gasteiger partial charge in [0.2, 0.25) is 0 Å². The van der Waals surface area contributed by atoms with E-state index in [-0.39, 0.29) is 12.1 Å². The van der Waals surface area contributed by atoms with Crippen molar-refractivity contribution in [3.63, 3.8) is 0 Å². The van der Waals surface area contributed by atoms with Crippen LogP contribution >= 0.6 is 0 Å². The number of fused-ring (bicyclic) bond motifs is 1. The minimum Gasteiger partial charge on any atom is -0.503 e. The van der Waals surface area contributed by atoms with Crippen molar-refractivity contribution in [2.45, 2.75) is 12.5 Å². The number of aliphatic hydroxyl groups excluding tert-OH is 1. The number of ketones is 1. The first kappa shape index (κ1) is 24.1. The van der Waals surface area contributed by atoms with Crippen LogP contribution in [-0.4, -0.2) is 40.3 Å². The van der Waals surface area contributed by atoms with Gasteiger partial charge in [0.05, 0.1) is 18.7 Å². The summed E-state index contributed by atoms with van der Waals surface area (Å²) in [6.45, 7) is 0.202. The fourth-order valence-corrected chi connectivity index (χ4v) is 4.72. The molecule has 0 saturated heterocycles. The smallest absolute Gasteiger partial charge is 0.290 e. The third kappa shape index (κ3) is 4.76. The predicted octanol–water partition coefficient (Wildman–Crippen LogP) is 5.54. The minimum absolute atomic E-state index is 0.0663. The molecule has 7 heteroatoms. The summed E-state index contributed by atoms with van der Waals surface area (Å²) in [5.74, 6) is -1.57. The van der Waals surface area contributed by atoms with Gasteiger partial charge in [-0.2, -0.15) is 0 Å². The number of carbonyl (C=O) groups is 2. The Morgan fingerprint density at radius 3 is 2.68 bits per heavy atom. The van der Waals surface area contributed by atoms with Gasteiger partial charge in [-0.05, 0) is 59.5 Å². The number of nitrogens with one attached hydrogen (secondary N) is 1. The average Bonchev–Trinajstić information content (AvgIpc) is 3.44. The average molecular weight is 497 g/mol. The normalized spacial score (nSPS) is 15.8. The molecular weight excluding hydrogens is 471 g/mol. The Balaban J connectivity index is 1.47. The molecule has 0 saturated carbocycles. The van der Waals surface area contributed by atoms with E-state index >= 15 is 0 Å². The SMILES string of the molecule is COc1ccc2[nH]cc(CCN3C(=O)C(O)=C(C(=O)/C=C/c4ccccc4)[C@H]3c3cccc(F)c3)c2c1. The fraction of sp³-hybridized carbons (Fsp3) is 0.133. The van der Waals surface area contributed by atoms with Gasteiger partial charge in [-0.25, -0.2) is 4.39 Å². The van der Waals surface area contributed by atoms with Gasteiger partial charge >= 0.3 is 0 Å². The fourth-order valence-electron chi connectivity index (χ4n) is 4.72. The Bertz CT molecular complexity index is 1540. The summed E-state index contributed by atoms with van der Waals surface area (Å²) >= 11 is 0. The third-order valence-electron chi connectivity index (χ3n) is 6.56. The molecule has 1 amide bonds. The van der Waals surface area contributed by atoms with E-state index in [0.29, 0.717) is 17.7 Å². The summed E-state index contributed by atoms with van der Waals surface area (Å²) in [4.78, 5) is 31.1. The van der Waals surface area contributed by atoms with Crippen molar-refractivity contribution in [2.75, 3.05) is 13.7 Å². The second-order valence-corrected chi connectivity index (χ2v) is 8.80. The maximum absolute atomic E-state index is 14.2. The Hall–Kier alpha value is -4.65. The van der Waals surface area contributed by atoms with Crippen LogP contribution < -0.4 is 4.74 Å². The van der Waals surface area contributed by atoms with Crippen LogP contribution in [0, 0.1) is 5.82 Å². The van der Waals surface area contributed by atoms with Crippen LogP contribution in [0.4, 0.5) is 4.39 Å². The Kier molecular flexibility index (Phi) is 6.60. The number of hydrogen-bond acceptors (Lipinski definition) is 4. The summed E-state index contributed by atoms with van der Waals surface area (Å²) in [6, 6.07) is 19.8. The molecule has 1 aliphatic rings. The summed E-state index contributed by atoms with van der Waals surface area (Å²) in [5, 5.41) is 11.8. The van der Waals surface area contributed by atoms with E-state index in [1.165, 1.54) is 29.2 Å². The first-order valence-corrected chi connectivity index (χ1v) is 11.9. The summed E-state index contributed by atoms with van der Waals surface area (Å²) in [6.07, 6.45) is 5.26. The number of carbonyl (C=O) groups excluding carboxylic acids is 2. The number of aromatic nitrogens is 1. The summed E-state index contributed by atoms with van der Waals surface area (Å²) < 4.78 is 19.5. The van der Waals surface area contributed by atoms with Gasteiger partial charge in [0.1, 0.15) is 11.6 Å². The zero-order valence-electron chi connectivity index (χ0n) is 20.1. The van der Waals surface area contributed by atoms with E-state index in [2.05, 4.69) is 4.98 Å². The van der Waals surface area contributed by atoms with Crippen molar-refractivity contribution in [2.24, 2.45) is 0 Å². The Morgan fingerprint density at radius 2 is 1.92 bits per heavy atom. The zero-order valence-corrected chi connectivity index (χ0v) is 20.1. The van der Waals surface area contributed by atoms with E-state index in [1.54, 1.807) is 19.3 Å². The van der Waals surface area contributed by atoms with Crippen molar-refractivity contribution in [1.82, 2.24) is 9.88 Å². The molecule has 3 aromatic carbocycles. The summed E-state index contributed by atoms with van der Waals surface area (Å²) in [5.41, 5.74) is 3.02. The molecule has 37 heavy (non-hydrogen) atoms. The second kappa shape index (κ2) is 10.1. The molecule has 1 aliphatic heterocycles. The highest BCUT2D eigenvalue weighted by molar-refractivity contribution is 6.14. The molecule has 0 aliphatic carbocycles. The van der Waals surface area contributed by atoms with Gasteiger partial charge in [-0.15, -0.1) is 0 Å². The molecule has 6 nitrogen and oxygen atoms in total. The highest BCUT2D eigenvalue weighted by Crippen LogP contribution is 2.38. The molecule has 0 spiro atoms. The standard InChI is InChI=1S/C30H25FN2O4/c1-37-23-11-12-25-24(17-23)21(18-32-25)14-15-33-28(20-8-5-9-22(31)16-20)27(29(35)30(33)36)26(34)13-10-19-6-3-2-4-7-19/h2-13,16-18,28,32,35H,14-15H2,1H3/b13-10+/t28-/m1/s1. The van der Waals surface area contributed by atoms with Gasteiger partial charge in [-0.3, -0.25) is 9.59 Å². The number of aromatic amines is 1. The van der Waals surface area contributed by atoms with Gasteiger partial charge in [-0.1, -0.05) is 48.5 Å². The van der Waals surface area contributed by atoms with Crippen molar-refractivity contribution in [3.05, 3.63) is 119 Å². The van der Waals surface area contributed by atoms with Crippen LogP contribution in [0.3, 0.4) is 0 Å². The van der Waals surface area contributed by atoms with Crippen LogP contribution in [0.2, 0.25) is 0 Å². The maximum atomic E-state index is 14.2. The number of allylic oxidation sites excluding steroid dienone is 1. The number of amides is 1. The lowest BCUT2D eigenvalue weighted by atomic mass is 9.95. The van der Waals surface area contributed by atoms with Gasteiger partial charge in [0.15, 0.2) is 11.5 Å². The molecular formula is C30H25FN2O4. The lowest BCUT2D eigenvalue weighted by Crippen LogP contribution is -2.33. The van der Waals surface area contributed by atoms with E-state index in [4.69, 9.17) is 4.74 Å². The summed E-state index contributed by atoms with van der Waals surface area (Å²) in [7, 11) is 1.60. The topological polar surface area (TPSA) is 82.6 Å². The highest BCUT2D eigenvalue weighted by atomic mass is 19.1. The van der Waals surface area contributed by atoms with Gasteiger partial charge in [0.25, 0.3) is 5.91 Å². The minimum atomic E-state index is -0.920. The molecule has 5 rings (SSSR count). The van der Waals surface area contributed by atoms with Gasteiger partial charge in [0, 0.05) is 23.6 Å². The monoisotopic (exact) mass is 496 g/mol. The number of ether oxygens (including phenoxy) is 1. The van der Waals surface area contributed by atoms with Crippen LogP contribution in [0.5, 0.6) is 5.75 Å². The Morgan fingerprint density at radius 1 is 1.11 bits per heavy atom. The number of benzene rings is 3. The number of aliphatic hydroxyl groups is 1. The van der Waals surface area contributed by atoms with Crippen LogP contribution in [0.1, 0.15) is 22.7 Å². The largest absolute Gasteiger partial charge is 0.503 e. The van der Waals surface area contributed by atoms with Crippen molar-refractivity contribution in [1.29, 1.82) is 0 Å². The lowest BCUT2D eigenvalue weighted by Gasteiger charge is -2.26. The van der Waals surface area contributed by atoms with E-state index in [9.17, 15) is 19.1 Å². The zero-order chi connectivity index (χ0) is 25.9. The van der Waals surface area contributed by atoms with Crippen molar-refractivity contribution >= 4 is 28.7 Å². The quantitative estimate of drug-likeness (QED) is 0.314. The van der Waals surface area contributed by atoms with E-state index < -0.39 is 29.3 Å². The second-order valence-electron chi connectivity index (χ2n) is 8.80. The van der Waals surface area contributed by atoms with Crippen LogP contribution in [0.25, 0.3) is 17.0 Å². The molecule has 0 radical (unpaired) electrons. The van der Waals surface area contributed by atoms with Crippen molar-refractivity contribution in [3.8, 4) is 5.75 Å². The number of halogens is 1. The third-order valence-corrected chi connectivity index (χ3v) is 6.56. The number of rotatable bonds is 8. The first-order valence-electron chi connectivity index (χ1n) is 11.9. The number of methoxy groups -OCH3 is 1. The molecule has 2 N–H and O–H groups in total. The molecule has 186 valence electrons. The predicted molar refractivity (Wildman–Crippen MR) is 140 cm³/mol. The highest BCUT2D eigenvalue weighted by Gasteiger charge is 2.42. The molecule has 1 atom stereocenters. The molecule has 1 aromatic heterocycles.